The second-order valence-electron chi connectivity index (χ2n) is 6.32. The fraction of sp³-hybridized carbons (Fsp3) is 0.105. The Kier molecular flexibility index (Phi) is 4.49. The van der Waals surface area contributed by atoms with E-state index in [1.165, 1.54) is 0 Å². The number of rotatable bonds is 3. The van der Waals surface area contributed by atoms with Crippen LogP contribution in [0.25, 0.3) is 11.4 Å². The minimum Gasteiger partial charge on any atom is -0.508 e. The highest BCUT2D eigenvalue weighted by atomic mass is 35.5. The first-order chi connectivity index (χ1) is 13.4. The summed E-state index contributed by atoms with van der Waals surface area (Å²) in [5.74, 6) is 0.400. The third-order valence-corrected chi connectivity index (χ3v) is 5.35. The number of phenols is 1. The first-order valence-corrected chi connectivity index (χ1v) is 9.10. The van der Waals surface area contributed by atoms with E-state index in [1.54, 1.807) is 54.1 Å². The van der Waals surface area contributed by atoms with Gasteiger partial charge in [0.2, 0.25) is 11.9 Å². The highest BCUT2D eigenvalue weighted by Gasteiger charge is 2.34. The van der Waals surface area contributed by atoms with Gasteiger partial charge in [0, 0.05) is 16.8 Å². The Morgan fingerprint density at radius 2 is 1.93 bits per heavy atom. The number of carbonyl (C=O) groups excluding carboxylic acids is 1. The lowest BCUT2D eigenvalue weighted by molar-refractivity contribution is -0.115. The van der Waals surface area contributed by atoms with Crippen LogP contribution in [0.4, 0.5) is 5.95 Å². The van der Waals surface area contributed by atoms with Crippen LogP contribution in [-0.4, -0.2) is 25.8 Å². The monoisotopic (exact) mass is 415 g/mol. The van der Waals surface area contributed by atoms with E-state index in [4.69, 9.17) is 28.9 Å². The summed E-state index contributed by atoms with van der Waals surface area (Å²) in [5, 5.41) is 17.8. The first kappa shape index (κ1) is 18.3. The summed E-state index contributed by atoms with van der Waals surface area (Å²) in [4.78, 5) is 16.7. The summed E-state index contributed by atoms with van der Waals surface area (Å²) in [7, 11) is 0. The molecule has 3 aromatic rings. The van der Waals surface area contributed by atoms with Crippen molar-refractivity contribution >= 4 is 35.1 Å². The van der Waals surface area contributed by atoms with Gasteiger partial charge in [-0.15, -0.1) is 5.10 Å². The zero-order chi connectivity index (χ0) is 20.0. The van der Waals surface area contributed by atoms with Crippen LogP contribution >= 0.6 is 23.2 Å². The van der Waals surface area contributed by atoms with Crippen molar-refractivity contribution in [2.24, 2.45) is 5.73 Å². The van der Waals surface area contributed by atoms with Crippen molar-refractivity contribution in [3.05, 3.63) is 69.3 Å². The molecule has 2 heterocycles. The van der Waals surface area contributed by atoms with E-state index in [-0.39, 0.29) is 5.75 Å². The predicted molar refractivity (Wildman–Crippen MR) is 107 cm³/mol. The number of hydrogen-bond donors (Lipinski definition) is 3. The highest BCUT2D eigenvalue weighted by Crippen LogP contribution is 2.40. The Labute approximate surface area is 170 Å². The molecule has 0 bridgehead atoms. The maximum atomic E-state index is 12.2. The second kappa shape index (κ2) is 6.85. The van der Waals surface area contributed by atoms with Gasteiger partial charge in [-0.25, -0.2) is 4.68 Å². The molecular formula is C19H15Cl2N5O2. The van der Waals surface area contributed by atoms with Gasteiger partial charge >= 0.3 is 0 Å². The van der Waals surface area contributed by atoms with E-state index in [1.807, 2.05) is 0 Å². The molecule has 2 aromatic carbocycles. The number of fused-ring (bicyclic) bond motifs is 1. The third-order valence-electron chi connectivity index (χ3n) is 4.52. The van der Waals surface area contributed by atoms with Crippen molar-refractivity contribution in [3.63, 3.8) is 0 Å². The van der Waals surface area contributed by atoms with Crippen LogP contribution in [0, 0.1) is 0 Å². The molecule has 9 heteroatoms. The Bertz CT molecular complexity index is 1120. The Hall–Kier alpha value is -3.03. The Morgan fingerprint density at radius 1 is 1.21 bits per heavy atom. The van der Waals surface area contributed by atoms with Gasteiger partial charge in [-0.1, -0.05) is 35.3 Å². The number of anilines is 1. The molecule has 1 aliphatic heterocycles. The maximum absolute atomic E-state index is 12.2. The number of amides is 1. The normalized spacial score (nSPS) is 15.9. The number of hydrogen-bond acceptors (Lipinski definition) is 5. The van der Waals surface area contributed by atoms with Crippen LogP contribution in [0.1, 0.15) is 18.5 Å². The van der Waals surface area contributed by atoms with E-state index >= 15 is 0 Å². The van der Waals surface area contributed by atoms with Crippen molar-refractivity contribution in [1.82, 2.24) is 14.8 Å². The molecule has 28 heavy (non-hydrogen) atoms. The number of halogens is 2. The van der Waals surface area contributed by atoms with E-state index in [0.717, 1.165) is 0 Å². The van der Waals surface area contributed by atoms with E-state index in [2.05, 4.69) is 15.4 Å². The molecule has 0 saturated heterocycles. The number of carbonyl (C=O) groups is 1. The van der Waals surface area contributed by atoms with Gasteiger partial charge in [-0.2, -0.15) is 4.98 Å². The first-order valence-electron chi connectivity index (χ1n) is 8.34. The molecule has 0 spiro atoms. The summed E-state index contributed by atoms with van der Waals surface area (Å²) in [5.41, 5.74) is 7.84. The van der Waals surface area contributed by atoms with Gasteiger partial charge in [-0.3, -0.25) is 4.79 Å². The average molecular weight is 416 g/mol. The minimum absolute atomic E-state index is 0.142. The minimum atomic E-state index is -0.682. The number of aromatic nitrogens is 3. The molecule has 4 rings (SSSR count). The smallest absolute Gasteiger partial charge is 0.248 e. The number of nitrogens with zero attached hydrogens (tertiary/aromatic N) is 3. The van der Waals surface area contributed by atoms with Gasteiger partial charge in [0.05, 0.1) is 15.6 Å². The molecule has 142 valence electrons. The lowest BCUT2D eigenvalue weighted by atomic mass is 9.95. The number of phenolic OH excluding ortho intramolecular Hbond substituents is 1. The molecule has 0 saturated carbocycles. The third kappa shape index (κ3) is 2.98. The fourth-order valence-electron chi connectivity index (χ4n) is 3.22. The van der Waals surface area contributed by atoms with Crippen LogP contribution in [0.2, 0.25) is 10.0 Å². The summed E-state index contributed by atoms with van der Waals surface area (Å²) in [6.45, 7) is 1.74. The zero-order valence-corrected chi connectivity index (χ0v) is 16.2. The maximum Gasteiger partial charge on any atom is 0.248 e. The SMILES string of the molecule is CC1=C(C(N)=O)C(c2cccc(Cl)c2Cl)n2nc(-c3ccc(O)cc3)nc2N1. The van der Waals surface area contributed by atoms with E-state index in [0.29, 0.717) is 44.2 Å². The largest absolute Gasteiger partial charge is 0.508 e. The van der Waals surface area contributed by atoms with Gasteiger partial charge < -0.3 is 16.2 Å². The van der Waals surface area contributed by atoms with Crippen LogP contribution in [0.3, 0.4) is 0 Å². The summed E-state index contributed by atoms with van der Waals surface area (Å²) < 4.78 is 1.56. The van der Waals surface area contributed by atoms with Gasteiger partial charge in [0.1, 0.15) is 11.8 Å². The molecule has 7 nitrogen and oxygen atoms in total. The van der Waals surface area contributed by atoms with Crippen LogP contribution in [0.15, 0.2) is 53.7 Å². The standard InChI is InChI=1S/C19H15Cl2N5O2/c1-9-14(17(22)28)16(12-3-2-4-13(20)15(12)21)26-19(23-9)24-18(25-26)10-5-7-11(27)8-6-10/h2-8,16,27H,1H3,(H2,22,28)(H,23,24,25). The van der Waals surface area contributed by atoms with Crippen molar-refractivity contribution in [2.75, 3.05) is 5.32 Å². The van der Waals surface area contributed by atoms with E-state index in [9.17, 15) is 9.90 Å². The predicted octanol–water partition coefficient (Wildman–Crippen LogP) is 3.73. The van der Waals surface area contributed by atoms with E-state index < -0.39 is 11.9 Å². The van der Waals surface area contributed by atoms with Crippen molar-refractivity contribution in [2.45, 2.75) is 13.0 Å². The Balaban J connectivity index is 1.92. The summed E-state index contributed by atoms with van der Waals surface area (Å²) in [6.07, 6.45) is 0. The van der Waals surface area contributed by atoms with Crippen molar-refractivity contribution in [3.8, 4) is 17.1 Å². The number of allylic oxidation sites excluding steroid dienone is 1. The molecule has 1 atom stereocenters. The van der Waals surface area contributed by atoms with Crippen LogP contribution < -0.4 is 11.1 Å². The highest BCUT2D eigenvalue weighted by molar-refractivity contribution is 6.42. The average Bonchev–Trinajstić information content (AvgIpc) is 3.07. The molecule has 4 N–H and O–H groups in total. The number of nitrogens with two attached hydrogens (primary N) is 1. The lowest BCUT2D eigenvalue weighted by Crippen LogP contribution is -2.32. The number of primary amides is 1. The quantitative estimate of drug-likeness (QED) is 0.603. The molecule has 0 radical (unpaired) electrons. The van der Waals surface area contributed by atoms with Gasteiger partial charge in [0.15, 0.2) is 5.82 Å². The van der Waals surface area contributed by atoms with Crippen molar-refractivity contribution in [1.29, 1.82) is 0 Å². The topological polar surface area (TPSA) is 106 Å². The Morgan fingerprint density at radius 3 is 2.61 bits per heavy atom. The molecule has 1 aliphatic rings. The van der Waals surface area contributed by atoms with Gasteiger partial charge in [0.25, 0.3) is 0 Å². The molecule has 1 aromatic heterocycles. The molecule has 0 aliphatic carbocycles. The van der Waals surface area contributed by atoms with Crippen LogP contribution in [-0.2, 0) is 4.79 Å². The lowest BCUT2D eigenvalue weighted by Gasteiger charge is -2.28. The zero-order valence-electron chi connectivity index (χ0n) is 14.6. The fourth-order valence-corrected chi connectivity index (χ4v) is 3.63. The molecule has 1 amide bonds. The number of benzene rings is 2. The molecular weight excluding hydrogens is 401 g/mol. The second-order valence-corrected chi connectivity index (χ2v) is 7.11. The van der Waals surface area contributed by atoms with Crippen LogP contribution in [0.5, 0.6) is 5.75 Å². The number of nitrogens with one attached hydrogen (secondary N) is 1. The summed E-state index contributed by atoms with van der Waals surface area (Å²) >= 11 is 12.6. The molecule has 0 fully saturated rings. The number of aromatic hydroxyl groups is 1. The summed E-state index contributed by atoms with van der Waals surface area (Å²) in [6, 6.07) is 11.0. The molecule has 1 unspecified atom stereocenters. The van der Waals surface area contributed by atoms with Crippen molar-refractivity contribution < 1.29 is 9.90 Å². The van der Waals surface area contributed by atoms with Gasteiger partial charge in [-0.05, 0) is 37.3 Å².